The molecule has 1 N–H and O–H groups in total. The van der Waals surface area contributed by atoms with E-state index in [1.165, 1.54) is 12.0 Å². The summed E-state index contributed by atoms with van der Waals surface area (Å²) in [6, 6.07) is 10.9. The number of nitriles is 1. The van der Waals surface area contributed by atoms with E-state index in [0.717, 1.165) is 31.4 Å². The summed E-state index contributed by atoms with van der Waals surface area (Å²) in [6.07, 6.45) is 5.40. The molecule has 1 aliphatic carbocycles. The SMILES string of the molecule is Cc1ccc(NC2(C#N)CCCC(C(C)(C)C)CC2)cc1. The lowest BCUT2D eigenvalue weighted by Gasteiger charge is -2.31. The summed E-state index contributed by atoms with van der Waals surface area (Å²) >= 11 is 0. The van der Waals surface area contributed by atoms with Crippen LogP contribution in [0.25, 0.3) is 0 Å². The molecule has 1 aliphatic rings. The van der Waals surface area contributed by atoms with Crippen molar-refractivity contribution in [2.75, 3.05) is 5.32 Å². The first-order valence-electron chi connectivity index (χ1n) is 8.11. The predicted molar refractivity (Wildman–Crippen MR) is 89.2 cm³/mol. The zero-order chi connectivity index (χ0) is 15.5. The second-order valence-corrected chi connectivity index (χ2v) is 7.68. The van der Waals surface area contributed by atoms with Gasteiger partial charge in [-0.05, 0) is 62.5 Å². The van der Waals surface area contributed by atoms with Gasteiger partial charge in [0.2, 0.25) is 0 Å². The maximum absolute atomic E-state index is 9.76. The van der Waals surface area contributed by atoms with Gasteiger partial charge in [-0.25, -0.2) is 0 Å². The largest absolute Gasteiger partial charge is 0.367 e. The zero-order valence-corrected chi connectivity index (χ0v) is 13.9. The van der Waals surface area contributed by atoms with Crippen LogP contribution in [0.4, 0.5) is 5.69 Å². The average molecular weight is 284 g/mol. The third-order valence-electron chi connectivity index (χ3n) is 4.95. The number of rotatable bonds is 2. The van der Waals surface area contributed by atoms with Crippen LogP contribution in [0.2, 0.25) is 0 Å². The maximum Gasteiger partial charge on any atom is 0.125 e. The molecular weight excluding hydrogens is 256 g/mol. The van der Waals surface area contributed by atoms with Gasteiger partial charge in [0.05, 0.1) is 6.07 Å². The highest BCUT2D eigenvalue weighted by molar-refractivity contribution is 5.48. The van der Waals surface area contributed by atoms with Gasteiger partial charge in [0.25, 0.3) is 0 Å². The number of aryl methyl sites for hydroxylation is 1. The summed E-state index contributed by atoms with van der Waals surface area (Å²) in [5, 5.41) is 13.3. The van der Waals surface area contributed by atoms with Crippen LogP contribution >= 0.6 is 0 Å². The minimum absolute atomic E-state index is 0.343. The first-order valence-corrected chi connectivity index (χ1v) is 8.11. The van der Waals surface area contributed by atoms with Crippen LogP contribution in [0.5, 0.6) is 0 Å². The van der Waals surface area contributed by atoms with Crippen molar-refractivity contribution in [3.05, 3.63) is 29.8 Å². The Kier molecular flexibility index (Phi) is 4.61. The van der Waals surface area contributed by atoms with Crippen molar-refractivity contribution in [2.45, 2.75) is 65.3 Å². The standard InChI is InChI=1S/C19H28N2/c1-15-7-9-17(10-8-15)21-19(14-20)12-5-6-16(11-13-19)18(2,3)4/h7-10,16,21H,5-6,11-13H2,1-4H3. The Morgan fingerprint density at radius 3 is 2.38 bits per heavy atom. The Hall–Kier alpha value is -1.49. The summed E-state index contributed by atoms with van der Waals surface area (Å²) in [5.41, 5.74) is 2.27. The van der Waals surface area contributed by atoms with Crippen LogP contribution < -0.4 is 5.32 Å². The molecule has 0 spiro atoms. The fraction of sp³-hybridized carbons (Fsp3) is 0.632. The second-order valence-electron chi connectivity index (χ2n) is 7.68. The molecule has 2 atom stereocenters. The van der Waals surface area contributed by atoms with E-state index in [1.54, 1.807) is 0 Å². The molecule has 1 fully saturated rings. The summed E-state index contributed by atoms with van der Waals surface area (Å²) in [5.74, 6) is 0.715. The lowest BCUT2D eigenvalue weighted by molar-refractivity contribution is 0.213. The van der Waals surface area contributed by atoms with Gasteiger partial charge in [-0.2, -0.15) is 5.26 Å². The van der Waals surface area contributed by atoms with Gasteiger partial charge in [-0.3, -0.25) is 0 Å². The molecule has 0 aromatic heterocycles. The molecule has 2 heteroatoms. The van der Waals surface area contributed by atoms with Gasteiger partial charge < -0.3 is 5.32 Å². The summed E-state index contributed by atoms with van der Waals surface area (Å²) in [4.78, 5) is 0. The molecule has 1 saturated carbocycles. The molecule has 2 rings (SSSR count). The predicted octanol–water partition coefficient (Wildman–Crippen LogP) is 5.30. The molecule has 0 heterocycles. The lowest BCUT2D eigenvalue weighted by Crippen LogP contribution is -2.36. The molecule has 2 unspecified atom stereocenters. The molecule has 0 amide bonds. The summed E-state index contributed by atoms with van der Waals surface area (Å²) in [7, 11) is 0. The average Bonchev–Trinajstić information content (AvgIpc) is 2.64. The summed E-state index contributed by atoms with van der Waals surface area (Å²) < 4.78 is 0. The van der Waals surface area contributed by atoms with Crippen LogP contribution in [0.3, 0.4) is 0 Å². The normalized spacial score (nSPS) is 26.7. The van der Waals surface area contributed by atoms with E-state index in [1.807, 2.05) is 0 Å². The van der Waals surface area contributed by atoms with E-state index in [4.69, 9.17) is 0 Å². The Labute approximate surface area is 129 Å². The number of hydrogen-bond donors (Lipinski definition) is 1. The van der Waals surface area contributed by atoms with Crippen LogP contribution in [-0.2, 0) is 0 Å². The smallest absolute Gasteiger partial charge is 0.125 e. The topological polar surface area (TPSA) is 35.8 Å². The fourth-order valence-electron chi connectivity index (χ4n) is 3.38. The van der Waals surface area contributed by atoms with Gasteiger partial charge in [-0.1, -0.05) is 38.5 Å². The monoisotopic (exact) mass is 284 g/mol. The Morgan fingerprint density at radius 1 is 1.14 bits per heavy atom. The fourth-order valence-corrected chi connectivity index (χ4v) is 3.38. The minimum Gasteiger partial charge on any atom is -0.367 e. The van der Waals surface area contributed by atoms with Crippen molar-refractivity contribution in [3.63, 3.8) is 0 Å². The van der Waals surface area contributed by atoms with Crippen molar-refractivity contribution >= 4 is 5.69 Å². The van der Waals surface area contributed by atoms with Gasteiger partial charge in [0.15, 0.2) is 0 Å². The Morgan fingerprint density at radius 2 is 1.81 bits per heavy atom. The van der Waals surface area contributed by atoms with Crippen LogP contribution in [0, 0.1) is 29.6 Å². The van der Waals surface area contributed by atoms with Crippen molar-refractivity contribution in [1.29, 1.82) is 5.26 Å². The van der Waals surface area contributed by atoms with E-state index in [-0.39, 0.29) is 0 Å². The van der Waals surface area contributed by atoms with Gasteiger partial charge in [0, 0.05) is 5.69 Å². The summed E-state index contributed by atoms with van der Waals surface area (Å²) in [6.45, 7) is 9.06. The number of nitrogens with zero attached hydrogens (tertiary/aromatic N) is 1. The molecule has 114 valence electrons. The van der Waals surface area contributed by atoms with E-state index >= 15 is 0 Å². The molecule has 0 radical (unpaired) electrons. The van der Waals surface area contributed by atoms with Gasteiger partial charge >= 0.3 is 0 Å². The molecule has 0 aliphatic heterocycles. The maximum atomic E-state index is 9.76. The molecule has 21 heavy (non-hydrogen) atoms. The Bertz CT molecular complexity index is 504. The van der Waals surface area contributed by atoms with Crippen molar-refractivity contribution in [3.8, 4) is 6.07 Å². The number of hydrogen-bond acceptors (Lipinski definition) is 2. The Balaban J connectivity index is 2.11. The van der Waals surface area contributed by atoms with E-state index in [0.29, 0.717) is 11.3 Å². The van der Waals surface area contributed by atoms with Crippen LogP contribution in [0.15, 0.2) is 24.3 Å². The molecule has 2 nitrogen and oxygen atoms in total. The van der Waals surface area contributed by atoms with Gasteiger partial charge in [-0.15, -0.1) is 0 Å². The molecular formula is C19H28N2. The quantitative estimate of drug-likeness (QED) is 0.748. The molecule has 1 aromatic carbocycles. The minimum atomic E-state index is -0.394. The molecule has 0 bridgehead atoms. The third-order valence-corrected chi connectivity index (χ3v) is 4.95. The highest BCUT2D eigenvalue weighted by Gasteiger charge is 2.36. The number of anilines is 1. The number of benzene rings is 1. The first-order chi connectivity index (χ1) is 9.85. The molecule has 1 aromatic rings. The van der Waals surface area contributed by atoms with E-state index in [9.17, 15) is 5.26 Å². The zero-order valence-electron chi connectivity index (χ0n) is 13.9. The van der Waals surface area contributed by atoms with Gasteiger partial charge in [0.1, 0.15) is 5.54 Å². The van der Waals surface area contributed by atoms with E-state index in [2.05, 4.69) is 63.3 Å². The molecule has 0 saturated heterocycles. The van der Waals surface area contributed by atoms with E-state index < -0.39 is 5.54 Å². The second kappa shape index (κ2) is 6.10. The van der Waals surface area contributed by atoms with Crippen molar-refractivity contribution in [1.82, 2.24) is 0 Å². The highest BCUT2D eigenvalue weighted by atomic mass is 15.0. The first kappa shape index (κ1) is 15.9. The third kappa shape index (κ3) is 4.00. The highest BCUT2D eigenvalue weighted by Crippen LogP contribution is 2.40. The number of nitrogens with one attached hydrogen (secondary N) is 1. The van der Waals surface area contributed by atoms with Crippen molar-refractivity contribution < 1.29 is 0 Å². The van der Waals surface area contributed by atoms with Crippen LogP contribution in [-0.4, -0.2) is 5.54 Å². The van der Waals surface area contributed by atoms with Crippen molar-refractivity contribution in [2.24, 2.45) is 11.3 Å². The lowest BCUT2D eigenvalue weighted by atomic mass is 9.76. The van der Waals surface area contributed by atoms with Crippen LogP contribution in [0.1, 0.15) is 58.4 Å².